The van der Waals surface area contributed by atoms with Gasteiger partial charge in [0.15, 0.2) is 0 Å². The molecule has 0 aliphatic carbocycles. The summed E-state index contributed by atoms with van der Waals surface area (Å²) in [5, 5.41) is 2.77. The van der Waals surface area contributed by atoms with Crippen molar-refractivity contribution in [2.24, 2.45) is 5.92 Å². The first-order valence-electron chi connectivity index (χ1n) is 9.59. The van der Waals surface area contributed by atoms with E-state index >= 15 is 0 Å². The van der Waals surface area contributed by atoms with Crippen molar-refractivity contribution in [2.75, 3.05) is 11.4 Å². The first-order valence-corrected chi connectivity index (χ1v) is 9.59. The van der Waals surface area contributed by atoms with E-state index in [0.717, 1.165) is 17.0 Å². The number of carbonyl (C=O) groups excluding carboxylic acids is 2. The minimum Gasteiger partial charge on any atom is -0.489 e. The number of anilines is 1. The lowest BCUT2D eigenvalue weighted by atomic mass is 10.1. The van der Waals surface area contributed by atoms with E-state index in [2.05, 4.69) is 5.32 Å². The highest BCUT2D eigenvalue weighted by atomic mass is 16.5. The van der Waals surface area contributed by atoms with Crippen LogP contribution in [0.25, 0.3) is 0 Å². The van der Waals surface area contributed by atoms with Gasteiger partial charge in [0.2, 0.25) is 11.8 Å². The molecule has 6 heteroatoms. The standard InChI is InChI=1S/C23H22N2O4/c26-22(24-15-20-7-4-14-28-20)21-12-13-25(23(21)27)18-8-10-19(11-9-18)29-16-17-5-2-1-3-6-17/h1-11,14,21H,12-13,15-16H2,(H,24,26). The number of ether oxygens (including phenoxy) is 1. The van der Waals surface area contributed by atoms with Crippen LogP contribution in [0.4, 0.5) is 5.69 Å². The molecule has 0 spiro atoms. The number of nitrogens with zero attached hydrogens (tertiary/aromatic N) is 1. The summed E-state index contributed by atoms with van der Waals surface area (Å²) in [6.07, 6.45) is 2.05. The lowest BCUT2D eigenvalue weighted by Gasteiger charge is -2.17. The van der Waals surface area contributed by atoms with Gasteiger partial charge in [0.25, 0.3) is 0 Å². The molecule has 1 saturated heterocycles. The molecule has 2 aromatic carbocycles. The fourth-order valence-corrected chi connectivity index (χ4v) is 3.35. The van der Waals surface area contributed by atoms with Crippen LogP contribution in [0, 0.1) is 5.92 Å². The third-order valence-electron chi connectivity index (χ3n) is 4.94. The molecular formula is C23H22N2O4. The predicted molar refractivity (Wildman–Crippen MR) is 108 cm³/mol. The minimum atomic E-state index is -0.668. The summed E-state index contributed by atoms with van der Waals surface area (Å²) >= 11 is 0. The molecule has 148 valence electrons. The molecule has 4 rings (SSSR count). The number of carbonyl (C=O) groups is 2. The molecule has 3 aromatic rings. The van der Waals surface area contributed by atoms with Crippen molar-refractivity contribution in [1.82, 2.24) is 5.32 Å². The maximum Gasteiger partial charge on any atom is 0.239 e. The largest absolute Gasteiger partial charge is 0.489 e. The van der Waals surface area contributed by atoms with Crippen LogP contribution in [0.15, 0.2) is 77.4 Å². The summed E-state index contributed by atoms with van der Waals surface area (Å²) in [5.41, 5.74) is 1.86. The number of nitrogens with one attached hydrogen (secondary N) is 1. The normalized spacial score (nSPS) is 16.1. The Morgan fingerprint density at radius 3 is 2.59 bits per heavy atom. The van der Waals surface area contributed by atoms with Gasteiger partial charge < -0.3 is 19.4 Å². The van der Waals surface area contributed by atoms with Crippen LogP contribution in [-0.2, 0) is 22.7 Å². The van der Waals surface area contributed by atoms with Gasteiger partial charge in [-0.3, -0.25) is 9.59 Å². The summed E-state index contributed by atoms with van der Waals surface area (Å²) in [6.45, 7) is 1.28. The Balaban J connectivity index is 1.32. The lowest BCUT2D eigenvalue weighted by Crippen LogP contribution is -2.36. The van der Waals surface area contributed by atoms with E-state index in [9.17, 15) is 9.59 Å². The van der Waals surface area contributed by atoms with E-state index in [1.165, 1.54) is 0 Å². The Morgan fingerprint density at radius 1 is 1.07 bits per heavy atom. The zero-order chi connectivity index (χ0) is 20.1. The molecule has 1 aliphatic rings. The van der Waals surface area contributed by atoms with Crippen LogP contribution < -0.4 is 15.0 Å². The summed E-state index contributed by atoms with van der Waals surface area (Å²) < 4.78 is 11.0. The monoisotopic (exact) mass is 390 g/mol. The Labute approximate surface area is 169 Å². The minimum absolute atomic E-state index is 0.181. The summed E-state index contributed by atoms with van der Waals surface area (Å²) in [7, 11) is 0. The molecule has 1 unspecified atom stereocenters. The SMILES string of the molecule is O=C(NCc1ccco1)C1CCN(c2ccc(OCc3ccccc3)cc2)C1=O. The van der Waals surface area contributed by atoms with E-state index < -0.39 is 5.92 Å². The molecule has 0 saturated carbocycles. The Kier molecular flexibility index (Phi) is 5.61. The predicted octanol–water partition coefficient (Wildman–Crippen LogP) is 3.53. The Bertz CT molecular complexity index is 952. The summed E-state index contributed by atoms with van der Waals surface area (Å²) in [5.74, 6) is 0.277. The molecule has 2 heterocycles. The van der Waals surface area contributed by atoms with Crippen LogP contribution in [0.2, 0.25) is 0 Å². The van der Waals surface area contributed by atoms with Crippen molar-refractivity contribution >= 4 is 17.5 Å². The molecule has 0 bridgehead atoms. The van der Waals surface area contributed by atoms with E-state index in [1.807, 2.05) is 54.6 Å². The van der Waals surface area contributed by atoms with Crippen LogP contribution in [0.3, 0.4) is 0 Å². The Hall–Kier alpha value is -3.54. The first kappa shape index (κ1) is 18.8. The zero-order valence-corrected chi connectivity index (χ0v) is 15.9. The van der Waals surface area contributed by atoms with Crippen molar-refractivity contribution in [3.8, 4) is 5.75 Å². The Morgan fingerprint density at radius 2 is 1.86 bits per heavy atom. The molecule has 1 N–H and O–H groups in total. The molecule has 2 amide bonds. The molecular weight excluding hydrogens is 368 g/mol. The van der Waals surface area contributed by atoms with Crippen LogP contribution in [0.5, 0.6) is 5.75 Å². The number of hydrogen-bond acceptors (Lipinski definition) is 4. The van der Waals surface area contributed by atoms with E-state index in [0.29, 0.717) is 25.3 Å². The highest BCUT2D eigenvalue weighted by Crippen LogP contribution is 2.27. The third kappa shape index (κ3) is 4.48. The third-order valence-corrected chi connectivity index (χ3v) is 4.94. The molecule has 1 aliphatic heterocycles. The topological polar surface area (TPSA) is 71.8 Å². The van der Waals surface area contributed by atoms with Crippen molar-refractivity contribution in [2.45, 2.75) is 19.6 Å². The molecule has 1 fully saturated rings. The van der Waals surface area contributed by atoms with Gasteiger partial charge in [-0.05, 0) is 48.4 Å². The summed E-state index contributed by atoms with van der Waals surface area (Å²) in [6, 6.07) is 20.9. The van der Waals surface area contributed by atoms with Gasteiger partial charge in [-0.1, -0.05) is 30.3 Å². The van der Waals surface area contributed by atoms with Crippen molar-refractivity contribution in [3.63, 3.8) is 0 Å². The number of rotatable bonds is 7. The van der Waals surface area contributed by atoms with Gasteiger partial charge >= 0.3 is 0 Å². The molecule has 1 aromatic heterocycles. The van der Waals surface area contributed by atoms with Gasteiger partial charge in [0.1, 0.15) is 24.0 Å². The summed E-state index contributed by atoms with van der Waals surface area (Å²) in [4.78, 5) is 26.7. The quantitative estimate of drug-likeness (QED) is 0.627. The van der Waals surface area contributed by atoms with Crippen molar-refractivity contribution in [3.05, 3.63) is 84.3 Å². The molecule has 6 nitrogen and oxygen atoms in total. The average Bonchev–Trinajstić information content (AvgIpc) is 3.41. The van der Waals surface area contributed by atoms with Gasteiger partial charge in [-0.15, -0.1) is 0 Å². The highest BCUT2D eigenvalue weighted by molar-refractivity contribution is 6.09. The first-order chi connectivity index (χ1) is 14.2. The van der Waals surface area contributed by atoms with E-state index in [1.54, 1.807) is 23.3 Å². The smallest absolute Gasteiger partial charge is 0.239 e. The van der Waals surface area contributed by atoms with Crippen LogP contribution in [0.1, 0.15) is 17.7 Å². The number of benzene rings is 2. The van der Waals surface area contributed by atoms with Gasteiger partial charge in [0, 0.05) is 12.2 Å². The second kappa shape index (κ2) is 8.65. The number of hydrogen-bond donors (Lipinski definition) is 1. The van der Waals surface area contributed by atoms with Crippen molar-refractivity contribution < 1.29 is 18.7 Å². The highest BCUT2D eigenvalue weighted by Gasteiger charge is 2.37. The fraction of sp³-hybridized carbons (Fsp3) is 0.217. The lowest BCUT2D eigenvalue weighted by molar-refractivity contribution is -0.132. The fourth-order valence-electron chi connectivity index (χ4n) is 3.35. The van der Waals surface area contributed by atoms with Gasteiger partial charge in [0.05, 0.1) is 12.8 Å². The van der Waals surface area contributed by atoms with Crippen LogP contribution >= 0.6 is 0 Å². The second-order valence-corrected chi connectivity index (χ2v) is 6.90. The number of amides is 2. The maximum absolute atomic E-state index is 12.7. The zero-order valence-electron chi connectivity index (χ0n) is 15.9. The average molecular weight is 390 g/mol. The number of furan rings is 1. The molecule has 0 radical (unpaired) electrons. The van der Waals surface area contributed by atoms with E-state index in [4.69, 9.17) is 9.15 Å². The van der Waals surface area contributed by atoms with Crippen molar-refractivity contribution in [1.29, 1.82) is 0 Å². The van der Waals surface area contributed by atoms with E-state index in [-0.39, 0.29) is 18.4 Å². The van der Waals surface area contributed by atoms with Gasteiger partial charge in [-0.2, -0.15) is 0 Å². The maximum atomic E-state index is 12.7. The molecule has 29 heavy (non-hydrogen) atoms. The second-order valence-electron chi connectivity index (χ2n) is 6.90. The van der Waals surface area contributed by atoms with Crippen LogP contribution in [-0.4, -0.2) is 18.4 Å². The van der Waals surface area contributed by atoms with Gasteiger partial charge in [-0.25, -0.2) is 0 Å². The molecule has 1 atom stereocenters.